The predicted octanol–water partition coefficient (Wildman–Crippen LogP) is 2.55. The Kier molecular flexibility index (Phi) is 5.64. The van der Waals surface area contributed by atoms with Crippen LogP contribution in [0.4, 0.5) is 18.9 Å². The van der Waals surface area contributed by atoms with E-state index in [9.17, 15) is 13.2 Å². The summed E-state index contributed by atoms with van der Waals surface area (Å²) in [5.74, 6) is -0.257. The van der Waals surface area contributed by atoms with E-state index in [1.54, 1.807) is 20.1 Å². The molecule has 0 spiro atoms. The summed E-state index contributed by atoms with van der Waals surface area (Å²) in [4.78, 5) is 1.93. The van der Waals surface area contributed by atoms with Gasteiger partial charge in [-0.15, -0.1) is 13.2 Å². The third-order valence-electron chi connectivity index (χ3n) is 2.83. The zero-order chi connectivity index (χ0) is 15.3. The van der Waals surface area contributed by atoms with E-state index in [-0.39, 0.29) is 11.4 Å². The van der Waals surface area contributed by atoms with Crippen LogP contribution in [0.5, 0.6) is 5.75 Å². The molecular weight excluding hydrogens is 273 g/mol. The van der Waals surface area contributed by atoms with Gasteiger partial charge in [0.05, 0.1) is 6.61 Å². The lowest BCUT2D eigenvalue weighted by Gasteiger charge is -2.20. The monoisotopic (exact) mass is 292 g/mol. The molecule has 0 aromatic heterocycles. The highest BCUT2D eigenvalue weighted by molar-refractivity contribution is 5.52. The summed E-state index contributed by atoms with van der Waals surface area (Å²) in [6.45, 7) is 3.26. The van der Waals surface area contributed by atoms with Gasteiger partial charge in [0.15, 0.2) is 0 Å². The zero-order valence-electron chi connectivity index (χ0n) is 11.8. The SMILES string of the molecule is COCCN(C)Cc1cc(N)cc(OC(F)(F)F)c1C. The molecule has 0 aliphatic heterocycles. The van der Waals surface area contributed by atoms with Crippen molar-refractivity contribution in [2.75, 3.05) is 33.0 Å². The van der Waals surface area contributed by atoms with Crippen molar-refractivity contribution >= 4 is 5.69 Å². The second-order valence-corrected chi connectivity index (χ2v) is 4.58. The molecule has 0 heterocycles. The Morgan fingerprint density at radius 3 is 2.50 bits per heavy atom. The van der Waals surface area contributed by atoms with Crippen molar-refractivity contribution in [3.05, 3.63) is 23.3 Å². The number of hydrogen-bond acceptors (Lipinski definition) is 4. The summed E-state index contributed by atoms with van der Waals surface area (Å²) in [6.07, 6.45) is -4.72. The second kappa shape index (κ2) is 6.81. The maximum absolute atomic E-state index is 12.3. The number of nitrogens with zero attached hydrogens (tertiary/aromatic N) is 1. The van der Waals surface area contributed by atoms with E-state index in [1.807, 2.05) is 11.9 Å². The van der Waals surface area contributed by atoms with Crippen molar-refractivity contribution in [3.63, 3.8) is 0 Å². The molecule has 2 N–H and O–H groups in total. The van der Waals surface area contributed by atoms with Gasteiger partial charge in [-0.1, -0.05) is 0 Å². The first kappa shape index (κ1) is 16.6. The topological polar surface area (TPSA) is 47.7 Å². The van der Waals surface area contributed by atoms with E-state index < -0.39 is 6.36 Å². The Balaban J connectivity index is 2.91. The number of ether oxygens (including phenoxy) is 2. The minimum Gasteiger partial charge on any atom is -0.405 e. The standard InChI is InChI=1S/C13H19F3N2O2/c1-9-10(8-18(2)4-5-19-3)6-11(17)7-12(9)20-13(14,15)16/h6-7H,4-5,8,17H2,1-3H3. The number of anilines is 1. The van der Waals surface area contributed by atoms with E-state index >= 15 is 0 Å². The van der Waals surface area contributed by atoms with Gasteiger partial charge in [0.25, 0.3) is 0 Å². The highest BCUT2D eigenvalue weighted by Gasteiger charge is 2.32. The summed E-state index contributed by atoms with van der Waals surface area (Å²) >= 11 is 0. The molecule has 0 aliphatic rings. The number of nitrogens with two attached hydrogens (primary N) is 1. The van der Waals surface area contributed by atoms with Crippen molar-refractivity contribution in [2.24, 2.45) is 0 Å². The molecule has 1 aromatic carbocycles. The van der Waals surface area contributed by atoms with Crippen LogP contribution in [0.2, 0.25) is 0 Å². The Hall–Kier alpha value is -1.47. The third kappa shape index (κ3) is 5.26. The van der Waals surface area contributed by atoms with Crippen LogP contribution < -0.4 is 10.5 Å². The smallest absolute Gasteiger partial charge is 0.405 e. The van der Waals surface area contributed by atoms with Crippen LogP contribution in [-0.4, -0.2) is 38.6 Å². The van der Waals surface area contributed by atoms with E-state index in [0.717, 1.165) is 0 Å². The molecule has 0 radical (unpaired) electrons. The largest absolute Gasteiger partial charge is 0.573 e. The van der Waals surface area contributed by atoms with E-state index in [0.29, 0.717) is 30.8 Å². The van der Waals surface area contributed by atoms with Crippen LogP contribution in [0, 0.1) is 6.92 Å². The lowest BCUT2D eigenvalue weighted by Crippen LogP contribution is -2.23. The van der Waals surface area contributed by atoms with Crippen molar-refractivity contribution in [3.8, 4) is 5.75 Å². The molecular formula is C13H19F3N2O2. The van der Waals surface area contributed by atoms with E-state index in [2.05, 4.69) is 4.74 Å². The number of methoxy groups -OCH3 is 1. The van der Waals surface area contributed by atoms with Gasteiger partial charge in [-0.3, -0.25) is 4.90 Å². The third-order valence-corrected chi connectivity index (χ3v) is 2.83. The molecule has 114 valence electrons. The van der Waals surface area contributed by atoms with Crippen LogP contribution in [0.3, 0.4) is 0 Å². The molecule has 20 heavy (non-hydrogen) atoms. The molecule has 1 rings (SSSR count). The van der Waals surface area contributed by atoms with Gasteiger partial charge < -0.3 is 15.2 Å². The summed E-state index contributed by atoms with van der Waals surface area (Å²) < 4.78 is 45.9. The molecule has 0 aliphatic carbocycles. The predicted molar refractivity (Wildman–Crippen MR) is 70.5 cm³/mol. The minimum absolute atomic E-state index is 0.241. The zero-order valence-corrected chi connectivity index (χ0v) is 11.8. The highest BCUT2D eigenvalue weighted by atomic mass is 19.4. The number of nitrogen functional groups attached to an aromatic ring is 1. The van der Waals surface area contributed by atoms with Gasteiger partial charge in [0, 0.05) is 32.0 Å². The van der Waals surface area contributed by atoms with Gasteiger partial charge in [-0.2, -0.15) is 0 Å². The number of alkyl halides is 3. The summed E-state index contributed by atoms with van der Waals surface area (Å²) in [7, 11) is 3.45. The number of rotatable bonds is 6. The molecule has 0 saturated carbocycles. The van der Waals surface area contributed by atoms with Gasteiger partial charge in [0.1, 0.15) is 5.75 Å². The Bertz CT molecular complexity index is 450. The van der Waals surface area contributed by atoms with Gasteiger partial charge in [-0.05, 0) is 31.2 Å². The van der Waals surface area contributed by atoms with E-state index in [4.69, 9.17) is 10.5 Å². The Labute approximate surface area is 116 Å². The number of likely N-dealkylation sites (N-methyl/N-ethyl adjacent to an activating group) is 1. The fourth-order valence-corrected chi connectivity index (χ4v) is 1.78. The maximum Gasteiger partial charge on any atom is 0.573 e. The van der Waals surface area contributed by atoms with Crippen LogP contribution in [-0.2, 0) is 11.3 Å². The first-order chi connectivity index (χ1) is 9.23. The summed E-state index contributed by atoms with van der Waals surface area (Å²) in [6, 6.07) is 2.84. The van der Waals surface area contributed by atoms with Crippen LogP contribution in [0.15, 0.2) is 12.1 Å². The summed E-state index contributed by atoms with van der Waals surface area (Å²) in [5.41, 5.74) is 7.00. The van der Waals surface area contributed by atoms with Gasteiger partial charge in [-0.25, -0.2) is 0 Å². The van der Waals surface area contributed by atoms with Crippen LogP contribution in [0.1, 0.15) is 11.1 Å². The highest BCUT2D eigenvalue weighted by Crippen LogP contribution is 2.31. The average Bonchev–Trinajstić information content (AvgIpc) is 2.30. The maximum atomic E-state index is 12.3. The first-order valence-corrected chi connectivity index (χ1v) is 6.05. The Morgan fingerprint density at radius 1 is 1.30 bits per heavy atom. The molecule has 0 saturated heterocycles. The number of benzene rings is 1. The lowest BCUT2D eigenvalue weighted by atomic mass is 10.1. The molecule has 0 atom stereocenters. The normalized spacial score (nSPS) is 11.9. The number of halogens is 3. The molecule has 0 bridgehead atoms. The fourth-order valence-electron chi connectivity index (χ4n) is 1.78. The molecule has 0 unspecified atom stereocenters. The van der Waals surface area contributed by atoms with E-state index in [1.165, 1.54) is 6.07 Å². The van der Waals surface area contributed by atoms with Crippen molar-refractivity contribution < 1.29 is 22.6 Å². The minimum atomic E-state index is -4.72. The van der Waals surface area contributed by atoms with Gasteiger partial charge >= 0.3 is 6.36 Å². The number of hydrogen-bond donors (Lipinski definition) is 1. The van der Waals surface area contributed by atoms with Crippen molar-refractivity contribution in [1.82, 2.24) is 4.90 Å². The quantitative estimate of drug-likeness (QED) is 0.819. The van der Waals surface area contributed by atoms with Crippen LogP contribution >= 0.6 is 0 Å². The van der Waals surface area contributed by atoms with Crippen LogP contribution in [0.25, 0.3) is 0 Å². The molecule has 0 fully saturated rings. The second-order valence-electron chi connectivity index (χ2n) is 4.58. The first-order valence-electron chi connectivity index (χ1n) is 6.05. The molecule has 0 amide bonds. The lowest BCUT2D eigenvalue weighted by molar-refractivity contribution is -0.274. The molecule has 1 aromatic rings. The fraction of sp³-hybridized carbons (Fsp3) is 0.538. The summed E-state index contributed by atoms with van der Waals surface area (Å²) in [5, 5.41) is 0. The molecule has 7 heteroatoms. The average molecular weight is 292 g/mol. The Morgan fingerprint density at radius 2 is 1.95 bits per heavy atom. The molecule has 4 nitrogen and oxygen atoms in total. The van der Waals surface area contributed by atoms with Crippen molar-refractivity contribution in [2.45, 2.75) is 19.8 Å². The van der Waals surface area contributed by atoms with Crippen molar-refractivity contribution in [1.29, 1.82) is 0 Å². The van der Waals surface area contributed by atoms with Gasteiger partial charge in [0.2, 0.25) is 0 Å².